The first-order chi connectivity index (χ1) is 11.2. The van der Waals surface area contributed by atoms with Crippen molar-refractivity contribution in [3.63, 3.8) is 0 Å². The van der Waals surface area contributed by atoms with Crippen LogP contribution in [-0.2, 0) is 0 Å². The highest BCUT2D eigenvalue weighted by molar-refractivity contribution is 6.30. The molecule has 1 N–H and O–H groups in total. The lowest BCUT2D eigenvalue weighted by Crippen LogP contribution is -2.39. The number of fused-ring (bicyclic) bond motifs is 1. The molecule has 0 saturated carbocycles. The van der Waals surface area contributed by atoms with Gasteiger partial charge in [-0.2, -0.15) is 0 Å². The monoisotopic (exact) mass is 329 g/mol. The lowest BCUT2D eigenvalue weighted by atomic mass is 9.93. The van der Waals surface area contributed by atoms with Gasteiger partial charge < -0.3 is 10.1 Å². The summed E-state index contributed by atoms with van der Waals surface area (Å²) in [4.78, 5) is 8.40. The number of aromatic nitrogens is 2. The van der Waals surface area contributed by atoms with Gasteiger partial charge in [-0.05, 0) is 29.8 Å². The maximum absolute atomic E-state index is 14.1. The Bertz CT molecular complexity index is 883. The molecule has 1 aliphatic heterocycles. The molecular weight excluding hydrogens is 317 g/mol. The summed E-state index contributed by atoms with van der Waals surface area (Å²) in [7, 11) is 0. The number of hydrogen-bond donors (Lipinski definition) is 1. The lowest BCUT2D eigenvalue weighted by Gasteiger charge is -2.27. The minimum absolute atomic E-state index is 0.0158. The molecule has 0 spiro atoms. The van der Waals surface area contributed by atoms with Gasteiger partial charge in [0.15, 0.2) is 11.6 Å². The fourth-order valence-corrected chi connectivity index (χ4v) is 2.74. The van der Waals surface area contributed by atoms with Crippen molar-refractivity contribution in [2.24, 2.45) is 0 Å². The van der Waals surface area contributed by atoms with Gasteiger partial charge in [-0.3, -0.25) is 0 Å². The highest BCUT2D eigenvalue weighted by Gasteiger charge is 2.20. The van der Waals surface area contributed by atoms with Gasteiger partial charge in [-0.25, -0.2) is 14.4 Å². The predicted octanol–water partition coefficient (Wildman–Crippen LogP) is 3.90. The SMILES string of the molecule is Fc1c(Cl)cccc1Oc1ncnc2ccc(C3CNC3)cc12. The maximum Gasteiger partial charge on any atom is 0.230 e. The largest absolute Gasteiger partial charge is 0.435 e. The van der Waals surface area contributed by atoms with Gasteiger partial charge in [-0.1, -0.05) is 23.7 Å². The van der Waals surface area contributed by atoms with E-state index in [1.54, 1.807) is 6.07 Å². The third kappa shape index (κ3) is 2.62. The molecule has 0 aliphatic carbocycles. The van der Waals surface area contributed by atoms with E-state index in [0.717, 1.165) is 24.0 Å². The molecule has 4 nitrogen and oxygen atoms in total. The van der Waals surface area contributed by atoms with E-state index in [-0.39, 0.29) is 10.8 Å². The second kappa shape index (κ2) is 5.76. The summed E-state index contributed by atoms with van der Waals surface area (Å²) in [5.74, 6) is 0.258. The van der Waals surface area contributed by atoms with E-state index in [0.29, 0.717) is 11.8 Å². The lowest BCUT2D eigenvalue weighted by molar-refractivity contribution is 0.431. The van der Waals surface area contributed by atoms with Gasteiger partial charge in [-0.15, -0.1) is 0 Å². The quantitative estimate of drug-likeness (QED) is 0.791. The number of nitrogens with one attached hydrogen (secondary N) is 1. The van der Waals surface area contributed by atoms with Crippen molar-refractivity contribution < 1.29 is 9.13 Å². The molecule has 1 aliphatic rings. The molecule has 4 rings (SSSR count). The zero-order valence-corrected chi connectivity index (χ0v) is 12.8. The second-order valence-electron chi connectivity index (χ2n) is 5.46. The zero-order valence-electron chi connectivity index (χ0n) is 12.1. The van der Waals surface area contributed by atoms with E-state index in [1.165, 1.54) is 24.0 Å². The van der Waals surface area contributed by atoms with E-state index in [2.05, 4.69) is 21.4 Å². The molecule has 0 atom stereocenters. The third-order valence-corrected chi connectivity index (χ3v) is 4.29. The molecule has 2 aromatic carbocycles. The smallest absolute Gasteiger partial charge is 0.230 e. The van der Waals surface area contributed by atoms with Crippen LogP contribution >= 0.6 is 11.6 Å². The Balaban J connectivity index is 1.77. The average molecular weight is 330 g/mol. The van der Waals surface area contributed by atoms with Gasteiger partial charge in [0.05, 0.1) is 15.9 Å². The van der Waals surface area contributed by atoms with E-state index in [4.69, 9.17) is 16.3 Å². The van der Waals surface area contributed by atoms with Crippen LogP contribution in [0.5, 0.6) is 11.6 Å². The number of nitrogens with zero attached hydrogens (tertiary/aromatic N) is 2. The molecule has 3 aromatic rings. The fourth-order valence-electron chi connectivity index (χ4n) is 2.58. The minimum Gasteiger partial charge on any atom is -0.435 e. The van der Waals surface area contributed by atoms with Crippen molar-refractivity contribution in [2.45, 2.75) is 5.92 Å². The van der Waals surface area contributed by atoms with Gasteiger partial charge in [0.2, 0.25) is 5.88 Å². The summed E-state index contributed by atoms with van der Waals surface area (Å²) in [6.07, 6.45) is 1.41. The van der Waals surface area contributed by atoms with Crippen molar-refractivity contribution in [1.29, 1.82) is 0 Å². The van der Waals surface area contributed by atoms with Crippen LogP contribution in [0.25, 0.3) is 10.9 Å². The van der Waals surface area contributed by atoms with Gasteiger partial charge in [0, 0.05) is 19.0 Å². The first-order valence-electron chi connectivity index (χ1n) is 7.29. The Labute approximate surface area is 137 Å². The number of rotatable bonds is 3. The Morgan fingerprint density at radius 3 is 2.83 bits per heavy atom. The standard InChI is InChI=1S/C17H13ClFN3O/c18-13-2-1-3-15(16(13)19)23-17-12-6-10(11-7-20-8-11)4-5-14(12)21-9-22-17/h1-6,9,11,20H,7-8H2. The second-order valence-corrected chi connectivity index (χ2v) is 5.87. The van der Waals surface area contributed by atoms with Crippen molar-refractivity contribution in [3.05, 3.63) is 59.1 Å². The van der Waals surface area contributed by atoms with Crippen molar-refractivity contribution >= 4 is 22.5 Å². The molecule has 23 heavy (non-hydrogen) atoms. The summed E-state index contributed by atoms with van der Waals surface area (Å²) in [6, 6.07) is 10.6. The molecule has 0 amide bonds. The molecule has 2 heterocycles. The van der Waals surface area contributed by atoms with Crippen LogP contribution in [0.1, 0.15) is 11.5 Å². The minimum atomic E-state index is -0.597. The van der Waals surface area contributed by atoms with E-state index in [1.807, 2.05) is 12.1 Å². The topological polar surface area (TPSA) is 47.0 Å². The van der Waals surface area contributed by atoms with Gasteiger partial charge >= 0.3 is 0 Å². The van der Waals surface area contributed by atoms with Crippen LogP contribution in [0.4, 0.5) is 4.39 Å². The molecule has 0 radical (unpaired) electrons. The van der Waals surface area contributed by atoms with E-state index in [9.17, 15) is 4.39 Å². The highest BCUT2D eigenvalue weighted by Crippen LogP contribution is 2.32. The van der Waals surface area contributed by atoms with Crippen LogP contribution < -0.4 is 10.1 Å². The molecule has 6 heteroatoms. The Morgan fingerprint density at radius 1 is 1.17 bits per heavy atom. The number of benzene rings is 2. The van der Waals surface area contributed by atoms with Crippen LogP contribution in [0.15, 0.2) is 42.7 Å². The zero-order chi connectivity index (χ0) is 15.8. The molecule has 1 fully saturated rings. The Hall–Kier alpha value is -2.24. The predicted molar refractivity (Wildman–Crippen MR) is 86.6 cm³/mol. The molecule has 1 aromatic heterocycles. The summed E-state index contributed by atoms with van der Waals surface area (Å²) in [6.45, 7) is 1.91. The average Bonchev–Trinajstić information content (AvgIpc) is 2.51. The summed E-state index contributed by atoms with van der Waals surface area (Å²) >= 11 is 5.80. The van der Waals surface area contributed by atoms with Crippen molar-refractivity contribution in [1.82, 2.24) is 15.3 Å². The first-order valence-corrected chi connectivity index (χ1v) is 7.67. The van der Waals surface area contributed by atoms with Gasteiger partial charge in [0.1, 0.15) is 6.33 Å². The van der Waals surface area contributed by atoms with Crippen LogP contribution in [0.2, 0.25) is 5.02 Å². The number of ether oxygens (including phenoxy) is 1. The highest BCUT2D eigenvalue weighted by atomic mass is 35.5. The molecule has 116 valence electrons. The number of halogens is 2. The maximum atomic E-state index is 14.1. The normalized spacial score (nSPS) is 14.7. The summed E-state index contributed by atoms with van der Waals surface area (Å²) in [5.41, 5.74) is 1.95. The van der Waals surface area contributed by atoms with Crippen molar-refractivity contribution in [2.75, 3.05) is 13.1 Å². The summed E-state index contributed by atoms with van der Waals surface area (Å²) in [5, 5.41) is 4.03. The molecular formula is C17H13ClFN3O. The van der Waals surface area contributed by atoms with Gasteiger partial charge in [0.25, 0.3) is 0 Å². The van der Waals surface area contributed by atoms with Crippen LogP contribution in [-0.4, -0.2) is 23.1 Å². The van der Waals surface area contributed by atoms with Crippen molar-refractivity contribution in [3.8, 4) is 11.6 Å². The Morgan fingerprint density at radius 2 is 2.04 bits per heavy atom. The molecule has 0 unspecified atom stereocenters. The molecule has 1 saturated heterocycles. The summed E-state index contributed by atoms with van der Waals surface area (Å²) < 4.78 is 19.7. The third-order valence-electron chi connectivity index (χ3n) is 4.00. The van der Waals surface area contributed by atoms with Crippen LogP contribution in [0, 0.1) is 5.82 Å². The van der Waals surface area contributed by atoms with E-state index < -0.39 is 5.82 Å². The van der Waals surface area contributed by atoms with E-state index >= 15 is 0 Å². The number of hydrogen-bond acceptors (Lipinski definition) is 4. The molecule has 0 bridgehead atoms. The van der Waals surface area contributed by atoms with Crippen LogP contribution in [0.3, 0.4) is 0 Å². The Kier molecular flexibility index (Phi) is 3.59. The fraction of sp³-hybridized carbons (Fsp3) is 0.176. The first kappa shape index (κ1) is 14.4.